The number of carbonyl (C=O) groups excluding carboxylic acids is 3. The number of hydrogen-bond acceptors (Lipinski definition) is 6. The van der Waals surface area contributed by atoms with E-state index in [0.717, 1.165) is 4.90 Å². The lowest BCUT2D eigenvalue weighted by atomic mass is 10.2. The number of hydrogen-bond donors (Lipinski definition) is 1. The molecule has 3 amide bonds. The molecule has 1 aliphatic heterocycles. The Balaban J connectivity index is 2.13. The molecule has 0 bridgehead atoms. The van der Waals surface area contributed by atoms with E-state index in [9.17, 15) is 14.4 Å². The molecule has 1 fully saturated rings. The van der Waals surface area contributed by atoms with E-state index in [0.29, 0.717) is 18.9 Å². The largest absolute Gasteiger partial charge is 0.493 e. The summed E-state index contributed by atoms with van der Waals surface area (Å²) >= 11 is 6.12. The molecule has 0 unspecified atom stereocenters. The van der Waals surface area contributed by atoms with Gasteiger partial charge < -0.3 is 19.5 Å². The van der Waals surface area contributed by atoms with Gasteiger partial charge in [-0.3, -0.25) is 9.69 Å². The predicted octanol–water partition coefficient (Wildman–Crippen LogP) is 1.84. The van der Waals surface area contributed by atoms with Crippen molar-refractivity contribution in [2.75, 3.05) is 26.8 Å². The number of esters is 1. The van der Waals surface area contributed by atoms with E-state index in [2.05, 4.69) is 5.32 Å². The molecule has 2 rings (SSSR count). The van der Waals surface area contributed by atoms with E-state index in [4.69, 9.17) is 25.8 Å². The van der Waals surface area contributed by atoms with Crippen LogP contribution in [0.2, 0.25) is 5.02 Å². The summed E-state index contributed by atoms with van der Waals surface area (Å²) in [6.07, 6.45) is -1.12. The average molecular weight is 371 g/mol. The Kier molecular flexibility index (Phi) is 6.08. The first kappa shape index (κ1) is 18.9. The van der Waals surface area contributed by atoms with Crippen molar-refractivity contribution >= 4 is 29.5 Å². The summed E-state index contributed by atoms with van der Waals surface area (Å²) in [6, 6.07) is 2.29. The van der Waals surface area contributed by atoms with Gasteiger partial charge in [-0.25, -0.2) is 9.59 Å². The minimum Gasteiger partial charge on any atom is -0.493 e. The Hall–Kier alpha value is -2.48. The van der Waals surface area contributed by atoms with Crippen molar-refractivity contribution in [1.29, 1.82) is 0 Å². The van der Waals surface area contributed by atoms with Crippen LogP contribution < -0.4 is 14.8 Å². The highest BCUT2D eigenvalue weighted by molar-refractivity contribution is 6.32. The number of nitrogens with zero attached hydrogens (tertiary/aromatic N) is 1. The van der Waals surface area contributed by atoms with Crippen LogP contribution >= 0.6 is 11.6 Å². The standard InChI is InChI=1S/C16H19ClN2O6/c1-4-24-13-11(17)7-10(8-12(13)23-3)15(21)25-9(2)14(20)19-6-5-18-16(19)22/h7-9H,4-6H2,1-3H3,(H,18,22)/t9-/m1/s1. The molecule has 25 heavy (non-hydrogen) atoms. The molecule has 0 aliphatic carbocycles. The summed E-state index contributed by atoms with van der Waals surface area (Å²) in [4.78, 5) is 37.0. The Morgan fingerprint density at radius 1 is 1.40 bits per heavy atom. The Labute approximate surface area is 150 Å². The maximum atomic E-state index is 12.3. The van der Waals surface area contributed by atoms with Crippen LogP contribution in [0, 0.1) is 0 Å². The topological polar surface area (TPSA) is 94.2 Å². The van der Waals surface area contributed by atoms with Gasteiger partial charge in [0.05, 0.1) is 24.3 Å². The van der Waals surface area contributed by atoms with Gasteiger partial charge in [0.25, 0.3) is 5.91 Å². The van der Waals surface area contributed by atoms with Crippen molar-refractivity contribution in [3.8, 4) is 11.5 Å². The van der Waals surface area contributed by atoms with Crippen LogP contribution in [0.3, 0.4) is 0 Å². The van der Waals surface area contributed by atoms with Crippen molar-refractivity contribution in [2.45, 2.75) is 20.0 Å². The smallest absolute Gasteiger partial charge is 0.339 e. The average Bonchev–Trinajstić information content (AvgIpc) is 3.01. The highest BCUT2D eigenvalue weighted by Gasteiger charge is 2.32. The van der Waals surface area contributed by atoms with Gasteiger partial charge in [-0.05, 0) is 26.0 Å². The zero-order valence-corrected chi connectivity index (χ0v) is 14.9. The molecule has 1 atom stereocenters. The van der Waals surface area contributed by atoms with Crippen molar-refractivity contribution in [3.05, 3.63) is 22.7 Å². The lowest BCUT2D eigenvalue weighted by molar-refractivity contribution is -0.136. The minimum absolute atomic E-state index is 0.107. The summed E-state index contributed by atoms with van der Waals surface area (Å²) in [5.74, 6) is -0.753. The third-order valence-corrected chi connectivity index (χ3v) is 3.79. The van der Waals surface area contributed by atoms with Crippen LogP contribution in [0.5, 0.6) is 11.5 Å². The van der Waals surface area contributed by atoms with E-state index in [1.165, 1.54) is 26.2 Å². The number of halogens is 1. The highest BCUT2D eigenvalue weighted by Crippen LogP contribution is 2.36. The molecular formula is C16H19ClN2O6. The summed E-state index contributed by atoms with van der Waals surface area (Å²) in [5, 5.41) is 2.70. The van der Waals surface area contributed by atoms with Crippen LogP contribution in [0.4, 0.5) is 4.79 Å². The Bertz CT molecular complexity index is 693. The van der Waals surface area contributed by atoms with Gasteiger partial charge in [0.15, 0.2) is 17.6 Å². The zero-order valence-electron chi connectivity index (χ0n) is 14.1. The number of methoxy groups -OCH3 is 1. The number of rotatable bonds is 6. The van der Waals surface area contributed by atoms with E-state index in [-0.39, 0.29) is 22.9 Å². The second-order valence-corrected chi connectivity index (χ2v) is 5.60. The summed E-state index contributed by atoms with van der Waals surface area (Å²) < 4.78 is 15.7. The van der Waals surface area contributed by atoms with Gasteiger partial charge in [-0.1, -0.05) is 11.6 Å². The molecule has 0 radical (unpaired) electrons. The first-order chi connectivity index (χ1) is 11.9. The maximum absolute atomic E-state index is 12.3. The summed E-state index contributed by atoms with van der Waals surface area (Å²) in [5.41, 5.74) is 0.107. The fourth-order valence-corrected chi connectivity index (χ4v) is 2.57. The molecule has 136 valence electrons. The zero-order chi connectivity index (χ0) is 18.6. The van der Waals surface area contributed by atoms with E-state index in [1.807, 2.05) is 0 Å². The lowest BCUT2D eigenvalue weighted by Crippen LogP contribution is -2.41. The van der Waals surface area contributed by atoms with Crippen molar-refractivity contribution in [2.24, 2.45) is 0 Å². The molecule has 0 saturated carbocycles. The monoisotopic (exact) mass is 370 g/mol. The second kappa shape index (κ2) is 8.06. The fourth-order valence-electron chi connectivity index (χ4n) is 2.30. The minimum atomic E-state index is -1.12. The van der Waals surface area contributed by atoms with E-state index >= 15 is 0 Å². The van der Waals surface area contributed by atoms with Crippen molar-refractivity contribution in [1.82, 2.24) is 10.2 Å². The molecule has 1 N–H and O–H groups in total. The fraction of sp³-hybridized carbons (Fsp3) is 0.438. The Morgan fingerprint density at radius 2 is 2.12 bits per heavy atom. The third-order valence-electron chi connectivity index (χ3n) is 3.51. The van der Waals surface area contributed by atoms with Crippen LogP contribution in [-0.2, 0) is 9.53 Å². The number of carbonyl (C=O) groups is 3. The predicted molar refractivity (Wildman–Crippen MR) is 89.2 cm³/mol. The number of imide groups is 1. The SMILES string of the molecule is CCOc1c(Cl)cc(C(=O)O[C@H](C)C(=O)N2CCNC2=O)cc1OC. The molecule has 1 heterocycles. The normalized spacial score (nSPS) is 14.7. The molecule has 1 aromatic carbocycles. The van der Waals surface area contributed by atoms with Gasteiger partial charge in [-0.2, -0.15) is 0 Å². The van der Waals surface area contributed by atoms with E-state index in [1.54, 1.807) is 6.92 Å². The maximum Gasteiger partial charge on any atom is 0.339 e. The van der Waals surface area contributed by atoms with Crippen LogP contribution in [0.1, 0.15) is 24.2 Å². The summed E-state index contributed by atoms with van der Waals surface area (Å²) in [6.45, 7) is 4.18. The molecule has 8 nitrogen and oxygen atoms in total. The molecule has 9 heteroatoms. The van der Waals surface area contributed by atoms with Gasteiger partial charge in [0, 0.05) is 13.1 Å². The quantitative estimate of drug-likeness (QED) is 0.768. The van der Waals surface area contributed by atoms with E-state index < -0.39 is 24.0 Å². The van der Waals surface area contributed by atoms with Gasteiger partial charge in [0.2, 0.25) is 0 Å². The van der Waals surface area contributed by atoms with Crippen molar-refractivity contribution in [3.63, 3.8) is 0 Å². The van der Waals surface area contributed by atoms with Crippen LogP contribution in [0.15, 0.2) is 12.1 Å². The summed E-state index contributed by atoms with van der Waals surface area (Å²) in [7, 11) is 1.42. The van der Waals surface area contributed by atoms with Crippen molar-refractivity contribution < 1.29 is 28.6 Å². The number of urea groups is 1. The molecule has 0 aromatic heterocycles. The molecular weight excluding hydrogens is 352 g/mol. The van der Waals surface area contributed by atoms with Crippen LogP contribution in [-0.4, -0.2) is 55.7 Å². The lowest BCUT2D eigenvalue weighted by Gasteiger charge is -2.18. The Morgan fingerprint density at radius 3 is 2.68 bits per heavy atom. The number of ether oxygens (including phenoxy) is 3. The first-order valence-corrected chi connectivity index (χ1v) is 8.07. The van der Waals surface area contributed by atoms with Gasteiger partial charge in [-0.15, -0.1) is 0 Å². The molecule has 1 aliphatic rings. The highest BCUT2D eigenvalue weighted by atomic mass is 35.5. The third kappa shape index (κ3) is 4.14. The number of nitrogens with one attached hydrogen (secondary N) is 1. The van der Waals surface area contributed by atoms with Gasteiger partial charge in [0.1, 0.15) is 0 Å². The van der Waals surface area contributed by atoms with Gasteiger partial charge >= 0.3 is 12.0 Å². The molecule has 1 saturated heterocycles. The first-order valence-electron chi connectivity index (χ1n) is 7.69. The molecule has 0 spiro atoms. The van der Waals surface area contributed by atoms with Crippen LogP contribution in [0.25, 0.3) is 0 Å². The number of benzene rings is 1. The molecule has 1 aromatic rings. The number of amides is 3. The second-order valence-electron chi connectivity index (χ2n) is 5.19.